The van der Waals surface area contributed by atoms with Crippen LogP contribution in [0.25, 0.3) is 0 Å². The van der Waals surface area contributed by atoms with Crippen molar-refractivity contribution < 1.29 is 27.8 Å². The highest BCUT2D eigenvalue weighted by atomic mass is 19.1. The predicted octanol–water partition coefficient (Wildman–Crippen LogP) is 1.83. The van der Waals surface area contributed by atoms with E-state index in [0.29, 0.717) is 44.8 Å². The maximum absolute atomic E-state index is 14.6. The fraction of sp³-hybridized carbons (Fsp3) is 0.556. The van der Waals surface area contributed by atoms with E-state index in [4.69, 9.17) is 9.47 Å². The van der Waals surface area contributed by atoms with Gasteiger partial charge in [-0.3, -0.25) is 14.9 Å². The summed E-state index contributed by atoms with van der Waals surface area (Å²) in [6, 6.07) is 2.52. The number of ether oxygens (including phenoxy) is 2. The second-order valence-corrected chi connectivity index (χ2v) is 6.92. The predicted molar refractivity (Wildman–Crippen MR) is 87.6 cm³/mol. The Balaban J connectivity index is 1.53. The summed E-state index contributed by atoms with van der Waals surface area (Å²) < 4.78 is 40.6. The van der Waals surface area contributed by atoms with Gasteiger partial charge in [-0.15, -0.1) is 0 Å². The van der Waals surface area contributed by atoms with Crippen LogP contribution in [0.5, 0.6) is 0 Å². The Labute approximate surface area is 149 Å². The molecule has 1 aromatic rings. The van der Waals surface area contributed by atoms with Crippen molar-refractivity contribution in [3.63, 3.8) is 0 Å². The van der Waals surface area contributed by atoms with E-state index in [2.05, 4.69) is 5.32 Å². The zero-order valence-corrected chi connectivity index (χ0v) is 14.2. The molecule has 1 N–H and O–H groups in total. The van der Waals surface area contributed by atoms with Gasteiger partial charge in [-0.1, -0.05) is 0 Å². The zero-order valence-electron chi connectivity index (χ0n) is 14.2. The molecule has 0 radical (unpaired) electrons. The molecule has 26 heavy (non-hydrogen) atoms. The van der Waals surface area contributed by atoms with Crippen molar-refractivity contribution in [1.82, 2.24) is 5.32 Å². The van der Waals surface area contributed by atoms with Gasteiger partial charge in [-0.05, 0) is 18.6 Å². The summed E-state index contributed by atoms with van der Waals surface area (Å²) in [6.45, 7) is 2.28. The van der Waals surface area contributed by atoms with E-state index in [9.17, 15) is 18.4 Å². The summed E-state index contributed by atoms with van der Waals surface area (Å²) in [5.41, 5.74) is 0.165. The van der Waals surface area contributed by atoms with Crippen molar-refractivity contribution in [2.75, 3.05) is 31.2 Å². The highest BCUT2D eigenvalue weighted by Gasteiger charge is 2.40. The number of carbonyl (C=O) groups excluding carboxylic acids is 2. The first-order valence-electron chi connectivity index (χ1n) is 8.83. The topological polar surface area (TPSA) is 67.9 Å². The molecule has 1 atom stereocenters. The molecule has 1 spiro atoms. The summed E-state index contributed by atoms with van der Waals surface area (Å²) in [6.07, 6.45) is 1.44. The molecular weight excluding hydrogens is 346 g/mol. The molecule has 1 aromatic carbocycles. The largest absolute Gasteiger partial charge is 0.371 e. The second-order valence-electron chi connectivity index (χ2n) is 6.92. The van der Waals surface area contributed by atoms with Gasteiger partial charge in [-0.2, -0.15) is 0 Å². The molecule has 3 saturated heterocycles. The average molecular weight is 366 g/mol. The van der Waals surface area contributed by atoms with Crippen LogP contribution in [0.4, 0.5) is 14.5 Å². The van der Waals surface area contributed by atoms with Crippen LogP contribution >= 0.6 is 0 Å². The monoisotopic (exact) mass is 366 g/mol. The van der Waals surface area contributed by atoms with E-state index in [0.717, 1.165) is 0 Å². The van der Waals surface area contributed by atoms with Crippen molar-refractivity contribution in [1.29, 1.82) is 0 Å². The summed E-state index contributed by atoms with van der Waals surface area (Å²) >= 11 is 0. The van der Waals surface area contributed by atoms with Crippen LogP contribution in [0.15, 0.2) is 12.1 Å². The van der Waals surface area contributed by atoms with Gasteiger partial charge >= 0.3 is 0 Å². The number of piperidine rings is 2. The van der Waals surface area contributed by atoms with Crippen LogP contribution in [0.2, 0.25) is 0 Å². The first kappa shape index (κ1) is 17.4. The maximum Gasteiger partial charge on any atom is 0.234 e. The molecule has 6 nitrogen and oxygen atoms in total. The highest BCUT2D eigenvalue weighted by molar-refractivity contribution is 6.01. The number of halogens is 2. The van der Waals surface area contributed by atoms with Crippen molar-refractivity contribution in [2.45, 2.75) is 37.4 Å². The summed E-state index contributed by atoms with van der Waals surface area (Å²) in [4.78, 5) is 25.1. The Morgan fingerprint density at radius 1 is 1.08 bits per heavy atom. The fourth-order valence-corrected chi connectivity index (χ4v) is 3.95. The van der Waals surface area contributed by atoms with E-state index in [1.165, 1.54) is 12.1 Å². The Morgan fingerprint density at radius 3 is 2.27 bits per heavy atom. The molecule has 4 rings (SSSR count). The molecule has 2 amide bonds. The SMILES string of the molecule is O=C1CCC(c2c(F)cc(N3CCC4(CC3)OCCO4)cc2F)C(=O)N1. The van der Waals surface area contributed by atoms with Crippen LogP contribution in [0, 0.1) is 11.6 Å². The Morgan fingerprint density at radius 2 is 1.69 bits per heavy atom. The summed E-state index contributed by atoms with van der Waals surface area (Å²) in [5, 5.41) is 2.14. The van der Waals surface area contributed by atoms with E-state index in [1.807, 2.05) is 4.90 Å². The third kappa shape index (κ3) is 3.07. The highest BCUT2D eigenvalue weighted by Crippen LogP contribution is 2.36. The summed E-state index contributed by atoms with van der Waals surface area (Å²) in [5.74, 6) is -4.12. The van der Waals surface area contributed by atoms with Crippen LogP contribution in [-0.4, -0.2) is 43.9 Å². The molecule has 8 heteroatoms. The van der Waals surface area contributed by atoms with Crippen molar-refractivity contribution >= 4 is 17.5 Å². The lowest BCUT2D eigenvalue weighted by molar-refractivity contribution is -0.169. The van der Waals surface area contributed by atoms with Crippen LogP contribution in [-0.2, 0) is 19.1 Å². The minimum atomic E-state index is -0.980. The lowest BCUT2D eigenvalue weighted by Crippen LogP contribution is -2.45. The van der Waals surface area contributed by atoms with Gasteiger partial charge in [0.05, 0.1) is 19.1 Å². The quantitative estimate of drug-likeness (QED) is 0.809. The van der Waals surface area contributed by atoms with E-state index in [-0.39, 0.29) is 18.4 Å². The molecule has 3 aliphatic heterocycles. The molecule has 140 valence electrons. The molecule has 0 aromatic heterocycles. The fourth-order valence-electron chi connectivity index (χ4n) is 3.95. The van der Waals surface area contributed by atoms with Gasteiger partial charge in [0.25, 0.3) is 0 Å². The molecule has 3 fully saturated rings. The first-order chi connectivity index (χ1) is 12.5. The normalized spacial score (nSPS) is 25.6. The van der Waals surface area contributed by atoms with Crippen molar-refractivity contribution in [3.8, 4) is 0 Å². The zero-order chi connectivity index (χ0) is 18.3. The molecule has 0 saturated carbocycles. The van der Waals surface area contributed by atoms with Gasteiger partial charge < -0.3 is 14.4 Å². The van der Waals surface area contributed by atoms with E-state index in [1.54, 1.807) is 0 Å². The molecule has 1 unspecified atom stereocenters. The molecule has 0 aliphatic carbocycles. The third-order valence-corrected chi connectivity index (χ3v) is 5.36. The number of hydrogen-bond donors (Lipinski definition) is 1. The van der Waals surface area contributed by atoms with Crippen LogP contribution in [0.3, 0.4) is 0 Å². The number of hydrogen-bond acceptors (Lipinski definition) is 5. The van der Waals surface area contributed by atoms with Gasteiger partial charge in [0.2, 0.25) is 11.8 Å². The number of benzene rings is 1. The second kappa shape index (κ2) is 6.59. The lowest BCUT2D eigenvalue weighted by Gasteiger charge is -2.38. The number of nitrogens with one attached hydrogen (secondary N) is 1. The molecule has 0 bridgehead atoms. The number of imide groups is 1. The Bertz CT molecular complexity index is 716. The van der Waals surface area contributed by atoms with Crippen LogP contribution in [0.1, 0.15) is 37.2 Å². The molecular formula is C18H20F2N2O4. The summed E-state index contributed by atoms with van der Waals surface area (Å²) in [7, 11) is 0. The molecule has 3 heterocycles. The Kier molecular flexibility index (Phi) is 4.40. The van der Waals surface area contributed by atoms with Gasteiger partial charge in [0.15, 0.2) is 5.79 Å². The Hall–Kier alpha value is -2.06. The minimum Gasteiger partial charge on any atom is -0.371 e. The molecule has 3 aliphatic rings. The van der Waals surface area contributed by atoms with Crippen molar-refractivity contribution in [2.24, 2.45) is 0 Å². The van der Waals surface area contributed by atoms with Crippen molar-refractivity contribution in [3.05, 3.63) is 29.3 Å². The third-order valence-electron chi connectivity index (χ3n) is 5.36. The van der Waals surface area contributed by atoms with Gasteiger partial charge in [0, 0.05) is 43.6 Å². The maximum atomic E-state index is 14.6. The van der Waals surface area contributed by atoms with Crippen LogP contribution < -0.4 is 10.2 Å². The number of anilines is 1. The van der Waals surface area contributed by atoms with E-state index < -0.39 is 35.2 Å². The first-order valence-corrected chi connectivity index (χ1v) is 8.83. The van der Waals surface area contributed by atoms with Gasteiger partial charge in [-0.25, -0.2) is 8.78 Å². The van der Waals surface area contributed by atoms with Gasteiger partial charge in [0.1, 0.15) is 11.6 Å². The van der Waals surface area contributed by atoms with E-state index >= 15 is 0 Å². The number of nitrogens with zero attached hydrogens (tertiary/aromatic N) is 1. The number of rotatable bonds is 2. The average Bonchev–Trinajstić information content (AvgIpc) is 3.05. The number of amides is 2. The minimum absolute atomic E-state index is 0.0746. The number of carbonyl (C=O) groups is 2. The lowest BCUT2D eigenvalue weighted by atomic mass is 9.89. The standard InChI is InChI=1S/C18H20F2N2O4/c19-13-9-11(22-5-3-18(4-6-22)25-7-8-26-18)10-14(20)16(13)12-1-2-15(23)21-17(12)24/h9-10,12H,1-8H2,(H,21,23,24). The smallest absolute Gasteiger partial charge is 0.234 e.